The Bertz CT molecular complexity index is 1230. The summed E-state index contributed by atoms with van der Waals surface area (Å²) in [6, 6.07) is 21.8. The molecule has 0 aliphatic carbocycles. The Labute approximate surface area is 183 Å². The van der Waals surface area contributed by atoms with E-state index in [-0.39, 0.29) is 11.6 Å². The summed E-state index contributed by atoms with van der Waals surface area (Å²) < 4.78 is 0. The quantitative estimate of drug-likeness (QED) is 0.354. The highest BCUT2D eigenvalue weighted by molar-refractivity contribution is 6.24. The van der Waals surface area contributed by atoms with E-state index in [1.165, 1.54) is 22.1 Å². The molecular weight excluding hydrogens is 410 g/mol. The van der Waals surface area contributed by atoms with Crippen molar-refractivity contribution in [3.63, 3.8) is 0 Å². The predicted molar refractivity (Wildman–Crippen MR) is 117 cm³/mol. The number of hydrogen-bond donors (Lipinski definition) is 0. The van der Waals surface area contributed by atoms with E-state index in [2.05, 4.69) is 0 Å². The van der Waals surface area contributed by atoms with E-state index in [9.17, 15) is 19.7 Å². The van der Waals surface area contributed by atoms with Crippen LogP contribution in [0.3, 0.4) is 0 Å². The summed E-state index contributed by atoms with van der Waals surface area (Å²) in [5, 5.41) is 12.7. The summed E-state index contributed by atoms with van der Waals surface area (Å²) in [6.07, 6.45) is -1.02. The molecule has 2 fully saturated rings. The van der Waals surface area contributed by atoms with Crippen LogP contribution in [0.2, 0.25) is 0 Å². The molecule has 2 heterocycles. The highest BCUT2D eigenvalue weighted by Gasteiger charge is 2.60. The summed E-state index contributed by atoms with van der Waals surface area (Å²) in [6.45, 7) is 1.89. The summed E-state index contributed by atoms with van der Waals surface area (Å²) in [5.41, 5.74) is 2.52. The Morgan fingerprint density at radius 1 is 0.875 bits per heavy atom. The maximum atomic E-state index is 13.5. The van der Waals surface area contributed by atoms with Gasteiger partial charge in [-0.3, -0.25) is 24.5 Å². The minimum Gasteiger partial charge on any atom is -0.273 e. The smallest absolute Gasteiger partial charge is 0.271 e. The van der Waals surface area contributed by atoms with E-state index >= 15 is 0 Å². The number of amides is 2. The van der Waals surface area contributed by atoms with Crippen LogP contribution in [0.5, 0.6) is 0 Å². The number of fused-ring (bicyclic) bond motifs is 1. The predicted octanol–water partition coefficient (Wildman–Crippen LogP) is 3.95. The van der Waals surface area contributed by atoms with Crippen LogP contribution in [0.15, 0.2) is 78.9 Å². The number of nitro benzene ring substituents is 1. The van der Waals surface area contributed by atoms with Crippen LogP contribution in [-0.2, 0) is 14.4 Å². The number of aryl methyl sites for hydroxylation is 1. The maximum Gasteiger partial charge on any atom is 0.271 e. The molecule has 0 aromatic heterocycles. The second kappa shape index (κ2) is 7.58. The van der Waals surface area contributed by atoms with E-state index in [0.717, 1.165) is 11.1 Å². The van der Waals surface area contributed by atoms with Crippen molar-refractivity contribution in [1.29, 1.82) is 0 Å². The van der Waals surface area contributed by atoms with E-state index in [1.807, 2.05) is 43.3 Å². The van der Waals surface area contributed by atoms with Crippen LogP contribution in [-0.4, -0.2) is 22.8 Å². The van der Waals surface area contributed by atoms with Crippen molar-refractivity contribution >= 4 is 28.9 Å². The van der Waals surface area contributed by atoms with Gasteiger partial charge in [0.2, 0.25) is 5.91 Å². The fourth-order valence-electron chi connectivity index (χ4n) is 4.39. The molecule has 0 bridgehead atoms. The standard InChI is InChI=1S/C24H19N3O5/c1-15-7-5-10-17(13-15)25-23(28)20-21(16-8-3-2-4-9-16)26(32-22(20)24(25)29)18-11-6-12-19(14-18)27(30)31/h2-14,20-22H,1H3/t20-,21+,22+/m1/s1. The fourth-order valence-corrected chi connectivity index (χ4v) is 4.39. The van der Waals surface area contributed by atoms with Crippen molar-refractivity contribution < 1.29 is 19.3 Å². The molecule has 160 valence electrons. The van der Waals surface area contributed by atoms with E-state index in [4.69, 9.17) is 4.84 Å². The normalized spacial score (nSPS) is 22.3. The molecule has 2 aliphatic heterocycles. The zero-order valence-electron chi connectivity index (χ0n) is 17.1. The van der Waals surface area contributed by atoms with Gasteiger partial charge in [0.05, 0.1) is 22.3 Å². The van der Waals surface area contributed by atoms with Gasteiger partial charge in [0, 0.05) is 12.1 Å². The SMILES string of the molecule is Cc1cccc(N2C(=O)[C@H]3[C@H](ON(c4cccc([N+](=O)[O-])c4)[C@H]3c3ccccc3)C2=O)c1. The zero-order chi connectivity index (χ0) is 22.4. The number of carbonyl (C=O) groups is 2. The molecule has 8 heteroatoms. The number of nitrogens with zero attached hydrogens (tertiary/aromatic N) is 3. The van der Waals surface area contributed by atoms with Crippen LogP contribution >= 0.6 is 0 Å². The average molecular weight is 429 g/mol. The number of hydroxylamine groups is 1. The van der Waals surface area contributed by atoms with Gasteiger partial charge in [-0.1, -0.05) is 48.5 Å². The molecule has 3 aromatic rings. The van der Waals surface area contributed by atoms with Crippen LogP contribution in [0, 0.1) is 23.0 Å². The lowest BCUT2D eigenvalue weighted by molar-refractivity contribution is -0.384. The topological polar surface area (TPSA) is 93.0 Å². The Morgan fingerprint density at radius 3 is 2.31 bits per heavy atom. The first-order valence-electron chi connectivity index (χ1n) is 10.2. The van der Waals surface area contributed by atoms with E-state index in [1.54, 1.807) is 30.3 Å². The first-order valence-corrected chi connectivity index (χ1v) is 10.2. The third kappa shape index (κ3) is 3.12. The van der Waals surface area contributed by atoms with Crippen molar-refractivity contribution in [2.45, 2.75) is 19.1 Å². The Balaban J connectivity index is 1.59. The van der Waals surface area contributed by atoms with Gasteiger partial charge in [0.1, 0.15) is 5.92 Å². The van der Waals surface area contributed by atoms with Gasteiger partial charge < -0.3 is 0 Å². The molecule has 2 amide bonds. The lowest BCUT2D eigenvalue weighted by Gasteiger charge is -2.28. The van der Waals surface area contributed by atoms with Crippen molar-refractivity contribution in [1.82, 2.24) is 0 Å². The molecule has 5 rings (SSSR count). The molecule has 0 radical (unpaired) electrons. The van der Waals surface area contributed by atoms with Gasteiger partial charge >= 0.3 is 0 Å². The highest BCUT2D eigenvalue weighted by Crippen LogP contribution is 2.47. The van der Waals surface area contributed by atoms with Crippen LogP contribution in [0.4, 0.5) is 17.1 Å². The first kappa shape index (κ1) is 19.9. The number of imide groups is 1. The van der Waals surface area contributed by atoms with Gasteiger partial charge in [-0.25, -0.2) is 9.96 Å². The van der Waals surface area contributed by atoms with Crippen molar-refractivity contribution in [2.24, 2.45) is 5.92 Å². The summed E-state index contributed by atoms with van der Waals surface area (Å²) in [7, 11) is 0. The largest absolute Gasteiger partial charge is 0.273 e. The number of nitro groups is 1. The molecule has 0 unspecified atom stereocenters. The van der Waals surface area contributed by atoms with Gasteiger partial charge in [-0.15, -0.1) is 0 Å². The fraction of sp³-hybridized carbons (Fsp3) is 0.167. The van der Waals surface area contributed by atoms with Crippen LogP contribution in [0.25, 0.3) is 0 Å². The third-order valence-corrected chi connectivity index (χ3v) is 5.81. The number of carbonyl (C=O) groups excluding carboxylic acids is 2. The summed E-state index contributed by atoms with van der Waals surface area (Å²) >= 11 is 0. The van der Waals surface area contributed by atoms with Crippen molar-refractivity contribution in [3.8, 4) is 0 Å². The number of non-ortho nitro benzene ring substituents is 1. The van der Waals surface area contributed by atoms with Gasteiger partial charge in [-0.2, -0.15) is 0 Å². The molecule has 2 aliphatic rings. The van der Waals surface area contributed by atoms with Gasteiger partial charge in [0.25, 0.3) is 11.6 Å². The molecule has 0 N–H and O–H groups in total. The number of hydrogen-bond acceptors (Lipinski definition) is 6. The summed E-state index contributed by atoms with van der Waals surface area (Å²) in [4.78, 5) is 44.8. The Morgan fingerprint density at radius 2 is 1.59 bits per heavy atom. The van der Waals surface area contributed by atoms with E-state index < -0.39 is 28.9 Å². The Kier molecular flexibility index (Phi) is 4.71. The minimum atomic E-state index is -1.02. The van der Waals surface area contributed by atoms with Gasteiger partial charge in [-0.05, 0) is 36.2 Å². The molecule has 0 saturated carbocycles. The number of anilines is 2. The average Bonchev–Trinajstić information content (AvgIpc) is 3.30. The lowest BCUT2D eigenvalue weighted by Crippen LogP contribution is -2.37. The van der Waals surface area contributed by atoms with Crippen LogP contribution < -0.4 is 9.96 Å². The second-order valence-corrected chi connectivity index (χ2v) is 7.86. The summed E-state index contributed by atoms with van der Waals surface area (Å²) in [5.74, 6) is -1.59. The third-order valence-electron chi connectivity index (χ3n) is 5.81. The molecule has 3 atom stereocenters. The first-order chi connectivity index (χ1) is 15.5. The molecule has 32 heavy (non-hydrogen) atoms. The molecule has 8 nitrogen and oxygen atoms in total. The highest BCUT2D eigenvalue weighted by atomic mass is 16.7. The molecule has 0 spiro atoms. The monoisotopic (exact) mass is 429 g/mol. The zero-order valence-corrected chi connectivity index (χ0v) is 17.1. The number of rotatable bonds is 4. The Hall–Kier alpha value is -4.04. The lowest BCUT2D eigenvalue weighted by atomic mass is 9.90. The van der Waals surface area contributed by atoms with Crippen LogP contribution in [0.1, 0.15) is 17.2 Å². The van der Waals surface area contributed by atoms with Gasteiger partial charge in [0.15, 0.2) is 6.10 Å². The van der Waals surface area contributed by atoms with Crippen molar-refractivity contribution in [2.75, 3.05) is 9.96 Å². The maximum absolute atomic E-state index is 13.5. The molecular formula is C24H19N3O5. The minimum absolute atomic E-state index is 0.103. The molecule has 2 saturated heterocycles. The van der Waals surface area contributed by atoms with E-state index in [0.29, 0.717) is 11.4 Å². The van der Waals surface area contributed by atoms with Crippen molar-refractivity contribution in [3.05, 3.63) is 100 Å². The second-order valence-electron chi connectivity index (χ2n) is 7.86. The molecule has 3 aromatic carbocycles. The number of benzene rings is 3.